The van der Waals surface area contributed by atoms with E-state index in [1.54, 1.807) is 0 Å². The normalized spacial score (nSPS) is 14.0. The van der Waals surface area contributed by atoms with E-state index in [4.69, 9.17) is 0 Å². The monoisotopic (exact) mass is 444 g/mol. The summed E-state index contributed by atoms with van der Waals surface area (Å²) in [7, 11) is 2.10. The first-order valence-electron chi connectivity index (χ1n) is 11.7. The Morgan fingerprint density at radius 3 is 2.82 bits per heavy atom. The van der Waals surface area contributed by atoms with Crippen molar-refractivity contribution in [3.63, 3.8) is 0 Å². The molecule has 5 rings (SSSR count). The van der Waals surface area contributed by atoms with Crippen molar-refractivity contribution in [3.05, 3.63) is 53.9 Å². The first-order chi connectivity index (χ1) is 16.1. The standard InChI is InChI=1S/C25H29N7O/c1-3-12-32(2)15-22-27-24(31-29-22)17-10-11-21-20(14-17)23(30-28-21)16-6-4-7-18(13-16)25(33)26-19-8-5-9-19/h4,6-7,10-11,13-14,19H,3,5,8-9,12,15H2,1-2H3,(H,26,33)(H,28,30)(H,27,29,31)/p+1. The van der Waals surface area contributed by atoms with Gasteiger partial charge in [-0.2, -0.15) is 5.10 Å². The number of rotatable bonds is 8. The maximum Gasteiger partial charge on any atom is 0.306 e. The first kappa shape index (κ1) is 21.3. The molecule has 0 saturated heterocycles. The summed E-state index contributed by atoms with van der Waals surface area (Å²) in [6.45, 7) is 3.99. The Balaban J connectivity index is 1.42. The number of benzene rings is 2. The Hall–Kier alpha value is -3.52. The molecule has 2 aromatic carbocycles. The third-order valence-electron chi connectivity index (χ3n) is 6.28. The second-order valence-electron chi connectivity index (χ2n) is 8.93. The smallest absolute Gasteiger partial charge is 0.306 e. The number of carbonyl (C=O) groups excluding carboxylic acids is 1. The van der Waals surface area contributed by atoms with Crippen molar-refractivity contribution >= 4 is 16.8 Å². The zero-order valence-corrected chi connectivity index (χ0v) is 19.1. The molecule has 2 heterocycles. The van der Waals surface area contributed by atoms with Gasteiger partial charge in [-0.1, -0.05) is 19.1 Å². The lowest BCUT2D eigenvalue weighted by atomic mass is 9.93. The van der Waals surface area contributed by atoms with Crippen LogP contribution in [0.3, 0.4) is 0 Å². The van der Waals surface area contributed by atoms with Crippen molar-refractivity contribution in [1.82, 2.24) is 30.6 Å². The molecule has 1 aliphatic rings. The molecule has 0 aliphatic heterocycles. The van der Waals surface area contributed by atoms with Gasteiger partial charge >= 0.3 is 5.82 Å². The molecule has 1 amide bonds. The van der Waals surface area contributed by atoms with Crippen LogP contribution in [0.25, 0.3) is 33.5 Å². The van der Waals surface area contributed by atoms with E-state index in [9.17, 15) is 4.79 Å². The van der Waals surface area contributed by atoms with E-state index in [2.05, 4.69) is 55.6 Å². The average Bonchev–Trinajstić information content (AvgIpc) is 3.43. The molecule has 4 aromatic rings. The summed E-state index contributed by atoms with van der Waals surface area (Å²) in [5.41, 5.74) is 4.31. The molecular formula is C25H30N7O+. The first-order valence-corrected chi connectivity index (χ1v) is 11.7. The van der Waals surface area contributed by atoms with Crippen molar-refractivity contribution in [3.8, 4) is 22.6 Å². The highest BCUT2D eigenvalue weighted by atomic mass is 16.1. The highest BCUT2D eigenvalue weighted by Crippen LogP contribution is 2.30. The van der Waals surface area contributed by atoms with E-state index in [0.717, 1.165) is 71.7 Å². The molecule has 4 N–H and O–H groups in total. The van der Waals surface area contributed by atoms with Gasteiger partial charge in [0.05, 0.1) is 23.3 Å². The van der Waals surface area contributed by atoms with Crippen LogP contribution in [0.5, 0.6) is 0 Å². The number of nitrogens with one attached hydrogen (secondary N) is 4. The molecule has 33 heavy (non-hydrogen) atoms. The second-order valence-corrected chi connectivity index (χ2v) is 8.93. The van der Waals surface area contributed by atoms with Gasteiger partial charge in [0.15, 0.2) is 0 Å². The number of carbonyl (C=O) groups is 1. The van der Waals surface area contributed by atoms with Crippen LogP contribution in [-0.2, 0) is 6.54 Å². The van der Waals surface area contributed by atoms with E-state index < -0.39 is 0 Å². The van der Waals surface area contributed by atoms with Crippen LogP contribution in [0, 0.1) is 0 Å². The van der Waals surface area contributed by atoms with E-state index in [0.29, 0.717) is 11.6 Å². The number of H-pyrrole nitrogens is 3. The maximum atomic E-state index is 12.6. The lowest BCUT2D eigenvalue weighted by Gasteiger charge is -2.26. The van der Waals surface area contributed by atoms with E-state index in [1.165, 1.54) is 6.42 Å². The van der Waals surface area contributed by atoms with Gasteiger partial charge in [0.1, 0.15) is 0 Å². The molecule has 0 atom stereocenters. The molecule has 8 heteroatoms. The average molecular weight is 445 g/mol. The van der Waals surface area contributed by atoms with Crippen LogP contribution in [-0.4, -0.2) is 50.8 Å². The van der Waals surface area contributed by atoms with Crippen molar-refractivity contribution in [1.29, 1.82) is 0 Å². The molecule has 2 aromatic heterocycles. The fourth-order valence-electron chi connectivity index (χ4n) is 4.27. The number of nitrogens with zero attached hydrogens (tertiary/aromatic N) is 3. The Morgan fingerprint density at radius 2 is 2.03 bits per heavy atom. The van der Waals surface area contributed by atoms with Gasteiger partial charge in [-0.25, -0.2) is 4.98 Å². The van der Waals surface area contributed by atoms with Crippen molar-refractivity contribution in [2.24, 2.45) is 0 Å². The predicted molar refractivity (Wildman–Crippen MR) is 127 cm³/mol. The number of aromatic amines is 3. The highest BCUT2D eigenvalue weighted by Gasteiger charge is 2.21. The van der Waals surface area contributed by atoms with Gasteiger partial charge in [0.25, 0.3) is 5.91 Å². The van der Waals surface area contributed by atoms with E-state index in [-0.39, 0.29) is 5.91 Å². The Bertz CT molecular complexity index is 1270. The summed E-state index contributed by atoms with van der Waals surface area (Å²) < 4.78 is 0. The fourth-order valence-corrected chi connectivity index (χ4v) is 4.27. The fraction of sp³-hybridized carbons (Fsp3) is 0.360. The molecular weight excluding hydrogens is 414 g/mol. The van der Waals surface area contributed by atoms with Crippen LogP contribution in [0.1, 0.15) is 48.8 Å². The quantitative estimate of drug-likeness (QED) is 0.387. The van der Waals surface area contributed by atoms with Gasteiger partial charge in [0.2, 0.25) is 5.82 Å². The summed E-state index contributed by atoms with van der Waals surface area (Å²) >= 11 is 0. The minimum atomic E-state index is -0.0197. The summed E-state index contributed by atoms with van der Waals surface area (Å²) in [4.78, 5) is 18.3. The van der Waals surface area contributed by atoms with Crippen LogP contribution in [0.15, 0.2) is 42.5 Å². The number of amides is 1. The van der Waals surface area contributed by atoms with Crippen molar-refractivity contribution in [2.45, 2.75) is 45.2 Å². The number of hydrogen-bond acceptors (Lipinski definition) is 4. The van der Waals surface area contributed by atoms with Gasteiger partial charge < -0.3 is 5.32 Å². The van der Waals surface area contributed by atoms with E-state index >= 15 is 0 Å². The SMILES string of the molecule is CCCN(C)Cc1[nH]nc(-c2ccc3[nH]nc(-c4cccc(C(=O)NC5CCC5)c4)c3c2)[nH+]1. The Labute approximate surface area is 192 Å². The third-order valence-corrected chi connectivity index (χ3v) is 6.28. The van der Waals surface area contributed by atoms with Crippen LogP contribution < -0.4 is 10.3 Å². The van der Waals surface area contributed by atoms with Crippen LogP contribution >= 0.6 is 0 Å². The van der Waals surface area contributed by atoms with Gasteiger partial charge in [-0.3, -0.25) is 14.8 Å². The minimum absolute atomic E-state index is 0.0197. The molecule has 1 aliphatic carbocycles. The molecule has 0 spiro atoms. The Kier molecular flexibility index (Phi) is 5.92. The number of hydrogen-bond donors (Lipinski definition) is 3. The van der Waals surface area contributed by atoms with Crippen LogP contribution in [0.4, 0.5) is 0 Å². The topological polar surface area (TPSA) is 104 Å². The maximum absolute atomic E-state index is 12.6. The lowest BCUT2D eigenvalue weighted by molar-refractivity contribution is -0.379. The number of fused-ring (bicyclic) bond motifs is 1. The molecule has 0 bridgehead atoms. The summed E-state index contributed by atoms with van der Waals surface area (Å²) in [5, 5.41) is 19.4. The molecule has 1 fully saturated rings. The summed E-state index contributed by atoms with van der Waals surface area (Å²) in [6, 6.07) is 14.1. The van der Waals surface area contributed by atoms with Gasteiger partial charge in [0, 0.05) is 27.7 Å². The highest BCUT2D eigenvalue weighted by molar-refractivity contribution is 5.99. The molecule has 1 saturated carbocycles. The van der Waals surface area contributed by atoms with Crippen LogP contribution in [0.2, 0.25) is 0 Å². The summed E-state index contributed by atoms with van der Waals surface area (Å²) in [6.07, 6.45) is 4.44. The zero-order chi connectivity index (χ0) is 22.8. The van der Waals surface area contributed by atoms with Crippen molar-refractivity contribution in [2.75, 3.05) is 13.6 Å². The molecule has 0 radical (unpaired) electrons. The van der Waals surface area contributed by atoms with Crippen molar-refractivity contribution < 1.29 is 9.78 Å². The molecule has 0 unspecified atom stereocenters. The lowest BCUT2D eigenvalue weighted by Crippen LogP contribution is -2.39. The minimum Gasteiger partial charge on any atom is -0.349 e. The van der Waals surface area contributed by atoms with Gasteiger partial charge in [-0.15, -0.1) is 5.10 Å². The predicted octanol–water partition coefficient (Wildman–Crippen LogP) is 3.56. The number of aromatic nitrogens is 5. The zero-order valence-electron chi connectivity index (χ0n) is 19.1. The Morgan fingerprint density at radius 1 is 1.15 bits per heavy atom. The second kappa shape index (κ2) is 9.15. The van der Waals surface area contributed by atoms with E-state index in [1.807, 2.05) is 36.4 Å². The third kappa shape index (κ3) is 4.52. The molecule has 170 valence electrons. The molecule has 8 nitrogen and oxygen atoms in total. The largest absolute Gasteiger partial charge is 0.349 e. The van der Waals surface area contributed by atoms with Gasteiger partial charge in [-0.05, 0) is 69.6 Å². The summed E-state index contributed by atoms with van der Waals surface area (Å²) in [5.74, 6) is 1.74.